The van der Waals surface area contributed by atoms with E-state index in [4.69, 9.17) is 14.5 Å². The average molecular weight is 409 g/mol. The summed E-state index contributed by atoms with van der Waals surface area (Å²) >= 11 is 0. The zero-order valence-electron chi connectivity index (χ0n) is 18.1. The predicted molar refractivity (Wildman–Crippen MR) is 123 cm³/mol. The van der Waals surface area contributed by atoms with Gasteiger partial charge in [0, 0.05) is 29.9 Å². The minimum Gasteiger partial charge on any atom is -0.491 e. The fourth-order valence-electron chi connectivity index (χ4n) is 3.20. The predicted octanol–water partition coefficient (Wildman–Crippen LogP) is 4.15. The Hall–Kier alpha value is -2.99. The molecule has 0 aliphatic rings. The Bertz CT molecular complexity index is 932. The molecule has 1 heterocycles. The highest BCUT2D eigenvalue weighted by Gasteiger charge is 2.06. The molecule has 0 bridgehead atoms. The summed E-state index contributed by atoms with van der Waals surface area (Å²) in [5, 5.41) is 7.93. The first-order chi connectivity index (χ1) is 14.7. The van der Waals surface area contributed by atoms with E-state index in [-0.39, 0.29) is 0 Å². The summed E-state index contributed by atoms with van der Waals surface area (Å²) in [6, 6.07) is 16.7. The Kier molecular flexibility index (Phi) is 8.15. The Morgan fingerprint density at radius 2 is 1.90 bits per heavy atom. The molecular formula is C24H32N4O2. The van der Waals surface area contributed by atoms with Crippen LogP contribution in [0.15, 0.2) is 53.5 Å². The van der Waals surface area contributed by atoms with Crippen LogP contribution in [0, 0.1) is 6.92 Å². The molecule has 6 heteroatoms. The van der Waals surface area contributed by atoms with Gasteiger partial charge in [-0.05, 0) is 49.9 Å². The van der Waals surface area contributed by atoms with E-state index in [1.165, 1.54) is 5.39 Å². The average Bonchev–Trinajstić information content (AvgIpc) is 3.17. The Morgan fingerprint density at radius 3 is 2.70 bits per heavy atom. The molecule has 0 radical (unpaired) electrons. The second-order valence-electron chi connectivity index (χ2n) is 7.09. The number of para-hydroxylation sites is 1. The van der Waals surface area contributed by atoms with Crippen molar-refractivity contribution in [1.29, 1.82) is 0 Å². The van der Waals surface area contributed by atoms with E-state index in [9.17, 15) is 0 Å². The minimum atomic E-state index is 0.534. The van der Waals surface area contributed by atoms with Gasteiger partial charge in [0.05, 0.1) is 19.7 Å². The fraction of sp³-hybridized carbons (Fsp3) is 0.375. The van der Waals surface area contributed by atoms with Crippen molar-refractivity contribution in [3.05, 3.63) is 65.4 Å². The second kappa shape index (κ2) is 11.3. The molecule has 1 aromatic heterocycles. The molecule has 0 aliphatic carbocycles. The first-order valence-electron chi connectivity index (χ1n) is 10.6. The first kappa shape index (κ1) is 21.7. The summed E-state index contributed by atoms with van der Waals surface area (Å²) < 4.78 is 11.3. The largest absolute Gasteiger partial charge is 0.491 e. The molecule has 0 atom stereocenters. The molecule has 0 unspecified atom stereocenters. The number of benzene rings is 2. The van der Waals surface area contributed by atoms with E-state index < -0.39 is 0 Å². The molecule has 3 aromatic rings. The van der Waals surface area contributed by atoms with Gasteiger partial charge in [-0.25, -0.2) is 4.99 Å². The van der Waals surface area contributed by atoms with Crippen molar-refractivity contribution in [2.24, 2.45) is 4.99 Å². The number of rotatable bonds is 10. The van der Waals surface area contributed by atoms with Crippen LogP contribution in [0.25, 0.3) is 10.9 Å². The molecular weight excluding hydrogens is 376 g/mol. The summed E-state index contributed by atoms with van der Waals surface area (Å²) in [6.45, 7) is 9.93. The molecule has 0 aliphatic heterocycles. The number of hydrogen-bond donors (Lipinski definition) is 3. The lowest BCUT2D eigenvalue weighted by molar-refractivity contribution is 0.110. The summed E-state index contributed by atoms with van der Waals surface area (Å²) in [6.07, 6.45) is 0. The molecule has 0 fully saturated rings. The number of hydrogen-bond acceptors (Lipinski definition) is 3. The van der Waals surface area contributed by atoms with Gasteiger partial charge in [0.1, 0.15) is 12.4 Å². The number of aromatic nitrogens is 1. The lowest BCUT2D eigenvalue weighted by Gasteiger charge is -2.13. The van der Waals surface area contributed by atoms with Crippen LogP contribution in [0.5, 0.6) is 5.75 Å². The van der Waals surface area contributed by atoms with Gasteiger partial charge in [0.15, 0.2) is 5.96 Å². The lowest BCUT2D eigenvalue weighted by Crippen LogP contribution is -2.36. The topological polar surface area (TPSA) is 70.7 Å². The molecule has 0 amide bonds. The Labute approximate surface area is 178 Å². The third-order valence-electron chi connectivity index (χ3n) is 4.70. The van der Waals surface area contributed by atoms with Crippen molar-refractivity contribution >= 4 is 16.9 Å². The van der Waals surface area contributed by atoms with Gasteiger partial charge in [-0.15, -0.1) is 0 Å². The highest BCUT2D eigenvalue weighted by Crippen LogP contribution is 2.21. The van der Waals surface area contributed by atoms with E-state index >= 15 is 0 Å². The monoisotopic (exact) mass is 408 g/mol. The van der Waals surface area contributed by atoms with Crippen molar-refractivity contribution in [3.63, 3.8) is 0 Å². The quantitative estimate of drug-likeness (QED) is 0.268. The van der Waals surface area contributed by atoms with E-state index in [1.54, 1.807) is 0 Å². The maximum atomic E-state index is 5.94. The third-order valence-corrected chi connectivity index (χ3v) is 4.70. The number of aryl methyl sites for hydroxylation is 1. The number of nitrogens with one attached hydrogen (secondary N) is 3. The number of aromatic amines is 1. The van der Waals surface area contributed by atoms with Crippen LogP contribution in [-0.2, 0) is 17.8 Å². The van der Waals surface area contributed by atoms with E-state index in [0.717, 1.165) is 40.6 Å². The lowest BCUT2D eigenvalue weighted by atomic mass is 10.1. The van der Waals surface area contributed by atoms with Gasteiger partial charge in [0.2, 0.25) is 0 Å². The van der Waals surface area contributed by atoms with Crippen LogP contribution in [0.1, 0.15) is 30.7 Å². The van der Waals surface area contributed by atoms with Crippen LogP contribution in [-0.4, -0.2) is 37.3 Å². The first-order valence-corrected chi connectivity index (χ1v) is 10.6. The third kappa shape index (κ3) is 6.26. The van der Waals surface area contributed by atoms with Gasteiger partial charge in [-0.3, -0.25) is 0 Å². The number of fused-ring (bicyclic) bond motifs is 1. The van der Waals surface area contributed by atoms with Crippen molar-refractivity contribution in [2.75, 3.05) is 26.4 Å². The van der Waals surface area contributed by atoms with Crippen molar-refractivity contribution < 1.29 is 9.47 Å². The van der Waals surface area contributed by atoms with E-state index in [1.807, 2.05) is 13.0 Å². The number of H-pyrrole nitrogens is 1. The zero-order valence-corrected chi connectivity index (χ0v) is 18.1. The van der Waals surface area contributed by atoms with Crippen LogP contribution in [0.3, 0.4) is 0 Å². The molecule has 3 rings (SSSR count). The van der Waals surface area contributed by atoms with Crippen LogP contribution in [0.4, 0.5) is 0 Å². The Balaban J connectivity index is 1.64. The Morgan fingerprint density at radius 1 is 1.03 bits per heavy atom. The maximum absolute atomic E-state index is 5.94. The van der Waals surface area contributed by atoms with Gasteiger partial charge in [-0.2, -0.15) is 0 Å². The molecule has 0 spiro atoms. The number of nitrogens with zero attached hydrogens (tertiary/aromatic N) is 1. The van der Waals surface area contributed by atoms with E-state index in [2.05, 4.69) is 71.9 Å². The molecule has 2 aromatic carbocycles. The van der Waals surface area contributed by atoms with E-state index in [0.29, 0.717) is 32.9 Å². The van der Waals surface area contributed by atoms with Crippen molar-refractivity contribution in [1.82, 2.24) is 15.6 Å². The molecule has 30 heavy (non-hydrogen) atoms. The molecule has 0 saturated carbocycles. The molecule has 6 nitrogen and oxygen atoms in total. The molecule has 0 saturated heterocycles. The second-order valence-corrected chi connectivity index (χ2v) is 7.09. The standard InChI is InChI=1S/C24H32N4O2/c1-4-25-24(27-17-21-15-19-8-6-7-9-22(19)28-21)26-16-20-11-10-18(3)14-23(20)30-13-12-29-5-2/h6-11,14-15,28H,4-5,12-13,16-17H2,1-3H3,(H2,25,26,27). The summed E-state index contributed by atoms with van der Waals surface area (Å²) in [7, 11) is 0. The van der Waals surface area contributed by atoms with Crippen molar-refractivity contribution in [3.8, 4) is 5.75 Å². The van der Waals surface area contributed by atoms with Crippen LogP contribution >= 0.6 is 0 Å². The van der Waals surface area contributed by atoms with Gasteiger partial charge >= 0.3 is 0 Å². The highest BCUT2D eigenvalue weighted by atomic mass is 16.5. The SMILES string of the molecule is CCNC(=NCc1ccc(C)cc1OCCOCC)NCc1cc2ccccc2[nH]1. The number of ether oxygens (including phenoxy) is 2. The van der Waals surface area contributed by atoms with Gasteiger partial charge in [-0.1, -0.05) is 30.3 Å². The van der Waals surface area contributed by atoms with Crippen LogP contribution in [0.2, 0.25) is 0 Å². The minimum absolute atomic E-state index is 0.534. The highest BCUT2D eigenvalue weighted by molar-refractivity contribution is 5.81. The van der Waals surface area contributed by atoms with Crippen molar-refractivity contribution in [2.45, 2.75) is 33.9 Å². The summed E-state index contributed by atoms with van der Waals surface area (Å²) in [4.78, 5) is 8.20. The van der Waals surface area contributed by atoms with Crippen LogP contribution < -0.4 is 15.4 Å². The van der Waals surface area contributed by atoms with Gasteiger partial charge < -0.3 is 25.1 Å². The molecule has 160 valence electrons. The maximum Gasteiger partial charge on any atom is 0.191 e. The zero-order chi connectivity index (χ0) is 21.2. The molecule has 3 N–H and O–H groups in total. The normalized spacial score (nSPS) is 11.6. The summed E-state index contributed by atoms with van der Waals surface area (Å²) in [5.74, 6) is 1.64. The summed E-state index contributed by atoms with van der Waals surface area (Å²) in [5.41, 5.74) is 4.49. The fourth-order valence-corrected chi connectivity index (χ4v) is 3.20. The smallest absolute Gasteiger partial charge is 0.191 e. The van der Waals surface area contributed by atoms with Gasteiger partial charge in [0.25, 0.3) is 0 Å². The number of aliphatic imine (C=N–C) groups is 1. The number of guanidine groups is 1.